The van der Waals surface area contributed by atoms with Gasteiger partial charge in [0.1, 0.15) is 0 Å². The second kappa shape index (κ2) is 30.2. The van der Waals surface area contributed by atoms with Gasteiger partial charge in [-0.3, -0.25) is 0 Å². The van der Waals surface area contributed by atoms with E-state index in [1.54, 1.807) is 0 Å². The second-order valence-electron chi connectivity index (χ2n) is 0.500. The van der Waals surface area contributed by atoms with Gasteiger partial charge in [0, 0.05) is 0 Å². The molecule has 0 aromatic rings. The van der Waals surface area contributed by atoms with Gasteiger partial charge in [0.2, 0.25) is 0 Å². The van der Waals surface area contributed by atoms with Crippen molar-refractivity contribution in [2.45, 2.75) is 0 Å². The van der Waals surface area contributed by atoms with Crippen LogP contribution < -0.4 is 261 Å². The number of hydrogen-bond acceptors (Lipinski definition) is 6. The van der Waals surface area contributed by atoms with E-state index in [0.717, 1.165) is 0 Å². The third kappa shape index (κ3) is 101. The molecule has 10 heteroatoms. The van der Waals surface area contributed by atoms with E-state index in [1.807, 2.05) is 0 Å². The predicted molar refractivity (Wildman–Crippen MR) is 10.8 cm³/mol. The maximum atomic E-state index is 8.33. The molecule has 6 nitrogen and oxygen atoms in total. The van der Waals surface area contributed by atoms with Gasteiger partial charge < -0.3 is 30.0 Å². The number of carboxylic acid groups (broad SMARTS) is 4. The SMILES string of the molecule is O=C([O-])[O-].O=C([O-])[O-].[Cs+].[Cs+].[K+].[K+]. The first-order chi connectivity index (χ1) is 3.46. The van der Waals surface area contributed by atoms with Crippen molar-refractivity contribution in [1.29, 1.82) is 0 Å². The van der Waals surface area contributed by atoms with Crippen molar-refractivity contribution in [1.82, 2.24) is 0 Å². The molecule has 48 valence electrons. The molecule has 0 atom stereocenters. The van der Waals surface area contributed by atoms with Gasteiger partial charge in [-0.2, -0.15) is 0 Å². The van der Waals surface area contributed by atoms with Crippen LogP contribution in [0.2, 0.25) is 0 Å². The Morgan fingerprint density at radius 2 is 0.667 bits per heavy atom. The fraction of sp³-hybridized carbons (Fsp3) is 0. The summed E-state index contributed by atoms with van der Waals surface area (Å²) < 4.78 is 0. The summed E-state index contributed by atoms with van der Waals surface area (Å²) >= 11 is 0. The Morgan fingerprint density at radius 1 is 0.667 bits per heavy atom. The van der Waals surface area contributed by atoms with Crippen molar-refractivity contribution in [2.24, 2.45) is 0 Å². The molecule has 0 radical (unpaired) electrons. The standard InChI is InChI=1S/2CH2O3.2Cs.2K/c2*2-1(3)4;;;;/h2*(H2,2,3,4);;;;/q;;4*+1/p-4. The molecule has 0 rings (SSSR count). The summed E-state index contributed by atoms with van der Waals surface area (Å²) in [6, 6.07) is 0. The molecule has 0 heterocycles. The van der Waals surface area contributed by atoms with Crippen molar-refractivity contribution in [3.8, 4) is 0 Å². The van der Waals surface area contributed by atoms with Crippen LogP contribution in [0.3, 0.4) is 0 Å². The monoisotopic (exact) mass is 464 g/mol. The summed E-state index contributed by atoms with van der Waals surface area (Å²) in [6.45, 7) is 0. The molecule has 0 bridgehead atoms. The third-order valence-electron chi connectivity index (χ3n) is 0. The van der Waals surface area contributed by atoms with Crippen LogP contribution in [-0.2, 0) is 0 Å². The average molecular weight is 464 g/mol. The van der Waals surface area contributed by atoms with Crippen molar-refractivity contribution in [2.75, 3.05) is 0 Å². The molecule has 0 aromatic carbocycles. The summed E-state index contributed by atoms with van der Waals surface area (Å²) in [5.74, 6) is 0. The molecule has 0 aliphatic heterocycles. The quantitative estimate of drug-likeness (QED) is 0.328. The zero-order valence-electron chi connectivity index (χ0n) is 7.45. The van der Waals surface area contributed by atoms with Gasteiger partial charge in [0.15, 0.2) is 0 Å². The number of carbonyl (C=O) groups is 2. The fourth-order valence-corrected chi connectivity index (χ4v) is 0. The summed E-state index contributed by atoms with van der Waals surface area (Å²) in [4.78, 5) is 16.7. The van der Waals surface area contributed by atoms with E-state index in [9.17, 15) is 0 Å². The molecular formula is C2Cs2K2O6. The summed E-state index contributed by atoms with van der Waals surface area (Å²) in [7, 11) is 0. The van der Waals surface area contributed by atoms with Gasteiger partial charge in [-0.25, -0.2) is 0 Å². The second-order valence-corrected chi connectivity index (χ2v) is 0.500. The Bertz CT molecular complexity index is 79.5. The Hall–Kier alpha value is 5.92. The molecule has 0 amide bonds. The van der Waals surface area contributed by atoms with Crippen LogP contribution in [-0.4, -0.2) is 12.3 Å². The normalized spacial score (nSPS) is 4.00. The van der Waals surface area contributed by atoms with Gasteiger partial charge in [0.05, 0.1) is 0 Å². The minimum absolute atomic E-state index is 0. The van der Waals surface area contributed by atoms with E-state index >= 15 is 0 Å². The van der Waals surface area contributed by atoms with Gasteiger partial charge in [0.25, 0.3) is 0 Å². The molecule has 0 aliphatic carbocycles. The maximum Gasteiger partial charge on any atom is 1.00 e. The van der Waals surface area contributed by atoms with Gasteiger partial charge >= 0.3 is 241 Å². The minimum atomic E-state index is -2.33. The number of hydrogen-bond donors (Lipinski definition) is 0. The van der Waals surface area contributed by atoms with Crippen LogP contribution >= 0.6 is 0 Å². The van der Waals surface area contributed by atoms with E-state index in [0.29, 0.717) is 0 Å². The van der Waals surface area contributed by atoms with Crippen molar-refractivity contribution in [3.63, 3.8) is 0 Å². The van der Waals surface area contributed by atoms with Crippen molar-refractivity contribution < 1.29 is 271 Å². The topological polar surface area (TPSA) is 126 Å². The molecule has 0 unspecified atom stereocenters. The molecule has 12 heavy (non-hydrogen) atoms. The van der Waals surface area contributed by atoms with E-state index in [4.69, 9.17) is 30.0 Å². The Labute approximate surface area is 272 Å². The van der Waals surface area contributed by atoms with Gasteiger partial charge in [-0.05, 0) is 12.3 Å². The molecule has 0 saturated heterocycles. The van der Waals surface area contributed by atoms with E-state index in [2.05, 4.69) is 0 Å². The van der Waals surface area contributed by atoms with E-state index < -0.39 is 12.3 Å². The molecule has 0 aliphatic rings. The summed E-state index contributed by atoms with van der Waals surface area (Å²) in [5.41, 5.74) is 0. The van der Waals surface area contributed by atoms with Crippen LogP contribution in [0.4, 0.5) is 9.59 Å². The molecule has 0 spiro atoms. The summed E-state index contributed by atoms with van der Waals surface area (Å²) in [6.07, 6.45) is -4.67. The molecule has 0 aromatic heterocycles. The Balaban J connectivity index is -0.0000000112. The maximum absolute atomic E-state index is 8.33. The first kappa shape index (κ1) is 36.1. The van der Waals surface area contributed by atoms with Crippen molar-refractivity contribution >= 4 is 12.3 Å². The number of carbonyl (C=O) groups excluding carboxylic acids is 2. The van der Waals surface area contributed by atoms with E-state index in [-0.39, 0.29) is 241 Å². The zero-order chi connectivity index (χ0) is 7.15. The minimum Gasteiger partial charge on any atom is -0.652 e. The molecule has 0 fully saturated rings. The van der Waals surface area contributed by atoms with Crippen LogP contribution in [0.25, 0.3) is 0 Å². The van der Waals surface area contributed by atoms with Crippen LogP contribution in [0.1, 0.15) is 0 Å². The molecule has 0 N–H and O–H groups in total. The van der Waals surface area contributed by atoms with Gasteiger partial charge in [-0.15, -0.1) is 0 Å². The molecule has 0 saturated carbocycles. The van der Waals surface area contributed by atoms with Crippen LogP contribution in [0, 0.1) is 0 Å². The summed E-state index contributed by atoms with van der Waals surface area (Å²) in [5, 5.41) is 33.3. The Morgan fingerprint density at radius 3 is 0.667 bits per heavy atom. The van der Waals surface area contributed by atoms with Crippen LogP contribution in [0.15, 0.2) is 0 Å². The molecular weight excluding hydrogens is 464 g/mol. The largest absolute Gasteiger partial charge is 1.00 e. The van der Waals surface area contributed by atoms with Crippen molar-refractivity contribution in [3.05, 3.63) is 0 Å². The predicted octanol–water partition coefficient (Wildman–Crippen LogP) is -16.9. The first-order valence-electron chi connectivity index (χ1n) is 1.22. The van der Waals surface area contributed by atoms with Crippen LogP contribution in [0.5, 0.6) is 0 Å². The third-order valence-corrected chi connectivity index (χ3v) is 0. The zero-order valence-corrected chi connectivity index (χ0v) is 26.3. The van der Waals surface area contributed by atoms with E-state index in [1.165, 1.54) is 0 Å². The fourth-order valence-electron chi connectivity index (χ4n) is 0. The Kier molecular flexibility index (Phi) is 90.8. The first-order valence-corrected chi connectivity index (χ1v) is 1.22. The smallest absolute Gasteiger partial charge is 0.652 e. The number of rotatable bonds is 0. The average Bonchev–Trinajstić information content (AvgIpc) is 1.25. The van der Waals surface area contributed by atoms with Gasteiger partial charge in [-0.1, -0.05) is 0 Å².